The topological polar surface area (TPSA) is 69.6 Å². The van der Waals surface area contributed by atoms with Crippen molar-refractivity contribution in [3.8, 4) is 0 Å². The van der Waals surface area contributed by atoms with Crippen LogP contribution in [0.2, 0.25) is 0 Å². The number of carboxylic acid groups (broad SMARTS) is 1. The molecule has 0 saturated carbocycles. The van der Waals surface area contributed by atoms with Crippen LogP contribution in [-0.2, 0) is 9.59 Å². The van der Waals surface area contributed by atoms with Gasteiger partial charge in [-0.25, -0.2) is 0 Å². The van der Waals surface area contributed by atoms with E-state index in [1.165, 1.54) is 0 Å². The second-order valence-corrected chi connectivity index (χ2v) is 4.05. The zero-order chi connectivity index (χ0) is 11.4. The summed E-state index contributed by atoms with van der Waals surface area (Å²) in [6.45, 7) is 6.10. The van der Waals surface area contributed by atoms with Gasteiger partial charge in [-0.15, -0.1) is 0 Å². The lowest BCUT2D eigenvalue weighted by molar-refractivity contribution is -0.141. The maximum atomic E-state index is 11.6. The van der Waals surface area contributed by atoms with Gasteiger partial charge in [0.15, 0.2) is 0 Å². The molecule has 15 heavy (non-hydrogen) atoms. The molecule has 1 heterocycles. The third-order valence-corrected chi connectivity index (χ3v) is 2.69. The Hall–Kier alpha value is -1.10. The van der Waals surface area contributed by atoms with Gasteiger partial charge in [-0.05, 0) is 12.5 Å². The van der Waals surface area contributed by atoms with Gasteiger partial charge in [0.2, 0.25) is 5.91 Å². The van der Waals surface area contributed by atoms with Gasteiger partial charge >= 0.3 is 5.97 Å². The highest BCUT2D eigenvalue weighted by Gasteiger charge is 2.30. The quantitative estimate of drug-likeness (QED) is 0.689. The van der Waals surface area contributed by atoms with Crippen LogP contribution in [0.25, 0.3) is 0 Å². The molecule has 0 aliphatic carbocycles. The van der Waals surface area contributed by atoms with Gasteiger partial charge in [-0.3, -0.25) is 14.5 Å². The highest BCUT2D eigenvalue weighted by atomic mass is 16.4. The van der Waals surface area contributed by atoms with Crippen LogP contribution in [0.5, 0.6) is 0 Å². The second-order valence-electron chi connectivity index (χ2n) is 4.05. The van der Waals surface area contributed by atoms with Crippen molar-refractivity contribution >= 4 is 11.9 Å². The minimum absolute atomic E-state index is 0.119. The fourth-order valence-corrected chi connectivity index (χ4v) is 1.89. The maximum absolute atomic E-state index is 11.6. The van der Waals surface area contributed by atoms with E-state index in [1.54, 1.807) is 0 Å². The molecule has 1 rings (SSSR count). The number of carboxylic acids is 1. The number of aliphatic carboxylic acids is 1. The van der Waals surface area contributed by atoms with E-state index in [2.05, 4.69) is 5.32 Å². The van der Waals surface area contributed by atoms with E-state index in [4.69, 9.17) is 5.11 Å². The third-order valence-electron chi connectivity index (χ3n) is 2.69. The van der Waals surface area contributed by atoms with E-state index in [-0.39, 0.29) is 12.3 Å². The molecule has 1 amide bonds. The first-order valence-electron chi connectivity index (χ1n) is 5.28. The minimum Gasteiger partial charge on any atom is -0.481 e. The number of carbonyl (C=O) groups excluding carboxylic acids is 1. The van der Waals surface area contributed by atoms with Crippen molar-refractivity contribution in [3.05, 3.63) is 0 Å². The Morgan fingerprint density at radius 1 is 1.67 bits per heavy atom. The Bertz CT molecular complexity index is 255. The fraction of sp³-hybridized carbons (Fsp3) is 0.800. The van der Waals surface area contributed by atoms with Crippen LogP contribution in [0.1, 0.15) is 20.3 Å². The number of likely N-dealkylation sites (N-methyl/N-ethyl adjacent to an activating group) is 1. The van der Waals surface area contributed by atoms with Gasteiger partial charge in [0.1, 0.15) is 0 Å². The number of rotatable bonds is 3. The van der Waals surface area contributed by atoms with Crippen molar-refractivity contribution in [2.24, 2.45) is 5.92 Å². The predicted molar refractivity (Wildman–Crippen MR) is 55.5 cm³/mol. The van der Waals surface area contributed by atoms with Gasteiger partial charge < -0.3 is 10.4 Å². The van der Waals surface area contributed by atoms with Crippen molar-refractivity contribution < 1.29 is 14.7 Å². The summed E-state index contributed by atoms with van der Waals surface area (Å²) in [4.78, 5) is 24.2. The van der Waals surface area contributed by atoms with E-state index < -0.39 is 12.0 Å². The molecule has 86 valence electrons. The number of hydrogen-bond acceptors (Lipinski definition) is 3. The van der Waals surface area contributed by atoms with E-state index in [1.807, 2.05) is 18.7 Å². The Morgan fingerprint density at radius 3 is 2.87 bits per heavy atom. The predicted octanol–water partition coefficient (Wildman–Crippen LogP) is -0.0825. The molecule has 1 aliphatic heterocycles. The van der Waals surface area contributed by atoms with E-state index in [9.17, 15) is 9.59 Å². The molecule has 0 aromatic heterocycles. The van der Waals surface area contributed by atoms with E-state index in [0.717, 1.165) is 6.54 Å². The second kappa shape index (κ2) is 5.11. The molecule has 0 aromatic rings. The molecule has 0 aromatic carbocycles. The lowest BCUT2D eigenvalue weighted by atomic mass is 10.1. The largest absolute Gasteiger partial charge is 0.481 e. The van der Waals surface area contributed by atoms with Gasteiger partial charge in [0.05, 0.1) is 12.5 Å². The Balaban J connectivity index is 2.75. The molecule has 5 heteroatoms. The highest BCUT2D eigenvalue weighted by molar-refractivity contribution is 5.86. The summed E-state index contributed by atoms with van der Waals surface area (Å²) in [5.41, 5.74) is 0. The number of nitrogens with one attached hydrogen (secondary N) is 1. The van der Waals surface area contributed by atoms with Crippen LogP contribution in [0.4, 0.5) is 0 Å². The van der Waals surface area contributed by atoms with Crippen molar-refractivity contribution in [1.29, 1.82) is 0 Å². The van der Waals surface area contributed by atoms with Crippen LogP contribution in [-0.4, -0.2) is 47.6 Å². The zero-order valence-electron chi connectivity index (χ0n) is 9.19. The summed E-state index contributed by atoms with van der Waals surface area (Å²) in [6.07, 6.45) is -0.119. The SMILES string of the molecule is CCN1CC(C)CNC(=O)C1CC(=O)O. The molecule has 2 N–H and O–H groups in total. The highest BCUT2D eigenvalue weighted by Crippen LogP contribution is 2.12. The minimum atomic E-state index is -0.928. The molecule has 5 nitrogen and oxygen atoms in total. The van der Waals surface area contributed by atoms with Gasteiger partial charge in [-0.2, -0.15) is 0 Å². The average molecular weight is 214 g/mol. The third kappa shape index (κ3) is 3.20. The first-order valence-corrected chi connectivity index (χ1v) is 5.28. The molecule has 1 saturated heterocycles. The number of carbonyl (C=O) groups is 2. The average Bonchev–Trinajstić information content (AvgIpc) is 2.30. The molecule has 1 fully saturated rings. The molecule has 2 atom stereocenters. The smallest absolute Gasteiger partial charge is 0.305 e. The molecule has 0 radical (unpaired) electrons. The van der Waals surface area contributed by atoms with Crippen LogP contribution in [0.15, 0.2) is 0 Å². The number of hydrogen-bond donors (Lipinski definition) is 2. The maximum Gasteiger partial charge on any atom is 0.305 e. The first kappa shape index (κ1) is 12.0. The van der Waals surface area contributed by atoms with Crippen LogP contribution < -0.4 is 5.32 Å². The molecular weight excluding hydrogens is 196 g/mol. The summed E-state index contributed by atoms with van der Waals surface area (Å²) in [5.74, 6) is -0.723. The van der Waals surface area contributed by atoms with E-state index in [0.29, 0.717) is 19.0 Å². The van der Waals surface area contributed by atoms with Crippen molar-refractivity contribution in [3.63, 3.8) is 0 Å². The van der Waals surface area contributed by atoms with Crippen molar-refractivity contribution in [2.75, 3.05) is 19.6 Å². The van der Waals surface area contributed by atoms with Gasteiger partial charge in [0.25, 0.3) is 0 Å². The normalized spacial score (nSPS) is 28.3. The summed E-state index contributed by atoms with van der Waals surface area (Å²) in [6, 6.07) is -0.516. The van der Waals surface area contributed by atoms with Gasteiger partial charge in [0, 0.05) is 13.1 Å². The first-order chi connectivity index (χ1) is 7.04. The van der Waals surface area contributed by atoms with Crippen LogP contribution >= 0.6 is 0 Å². The summed E-state index contributed by atoms with van der Waals surface area (Å²) < 4.78 is 0. The molecule has 0 spiro atoms. The summed E-state index contributed by atoms with van der Waals surface area (Å²) >= 11 is 0. The fourth-order valence-electron chi connectivity index (χ4n) is 1.89. The number of nitrogens with zero attached hydrogens (tertiary/aromatic N) is 1. The Kier molecular flexibility index (Phi) is 4.08. The van der Waals surface area contributed by atoms with Crippen LogP contribution in [0.3, 0.4) is 0 Å². The van der Waals surface area contributed by atoms with Crippen molar-refractivity contribution in [2.45, 2.75) is 26.3 Å². The zero-order valence-corrected chi connectivity index (χ0v) is 9.19. The summed E-state index contributed by atoms with van der Waals surface area (Å²) in [7, 11) is 0. The Labute approximate surface area is 89.4 Å². The Morgan fingerprint density at radius 2 is 2.33 bits per heavy atom. The monoisotopic (exact) mass is 214 g/mol. The molecular formula is C10H18N2O3. The number of amides is 1. The standard InChI is InChI=1S/C10H18N2O3/c1-3-12-6-7(2)5-11-10(15)8(12)4-9(13)14/h7-8H,3-6H2,1-2H3,(H,11,15)(H,13,14). The molecule has 2 unspecified atom stereocenters. The lowest BCUT2D eigenvalue weighted by Gasteiger charge is -2.26. The van der Waals surface area contributed by atoms with Crippen molar-refractivity contribution in [1.82, 2.24) is 10.2 Å². The lowest BCUT2D eigenvalue weighted by Crippen LogP contribution is -2.45. The molecule has 0 bridgehead atoms. The van der Waals surface area contributed by atoms with Crippen LogP contribution in [0, 0.1) is 5.92 Å². The molecule has 1 aliphatic rings. The van der Waals surface area contributed by atoms with E-state index >= 15 is 0 Å². The van der Waals surface area contributed by atoms with Gasteiger partial charge in [-0.1, -0.05) is 13.8 Å². The summed E-state index contributed by atoms with van der Waals surface area (Å²) in [5, 5.41) is 11.5.